The van der Waals surface area contributed by atoms with E-state index in [4.69, 9.17) is 9.97 Å². The summed E-state index contributed by atoms with van der Waals surface area (Å²) >= 11 is 0. The first-order valence-electron chi connectivity index (χ1n) is 12.0. The largest absolute Gasteiger partial charge is 0.256 e. The van der Waals surface area contributed by atoms with Crippen LogP contribution >= 0.6 is 0 Å². The van der Waals surface area contributed by atoms with Gasteiger partial charge in [0.05, 0.1) is 27.9 Å². The number of hydrogen-bond donors (Lipinski definition) is 0. The number of pyridine rings is 3. The molecular formula is C33H21N3. The van der Waals surface area contributed by atoms with Crippen molar-refractivity contribution in [3.8, 4) is 33.6 Å². The number of benzene rings is 4. The molecule has 0 aliphatic rings. The smallest absolute Gasteiger partial charge is 0.0716 e. The van der Waals surface area contributed by atoms with Gasteiger partial charge < -0.3 is 0 Å². The molecule has 0 spiro atoms. The van der Waals surface area contributed by atoms with Crippen LogP contribution in [0.3, 0.4) is 0 Å². The molecule has 3 aromatic heterocycles. The van der Waals surface area contributed by atoms with E-state index in [1.165, 1.54) is 11.1 Å². The third-order valence-electron chi connectivity index (χ3n) is 6.70. The summed E-state index contributed by atoms with van der Waals surface area (Å²) in [6, 6.07) is 42.0. The van der Waals surface area contributed by atoms with Crippen molar-refractivity contribution in [3.05, 3.63) is 128 Å². The van der Waals surface area contributed by atoms with Crippen molar-refractivity contribution in [1.82, 2.24) is 15.0 Å². The Morgan fingerprint density at radius 3 is 1.86 bits per heavy atom. The zero-order valence-electron chi connectivity index (χ0n) is 19.5. The summed E-state index contributed by atoms with van der Waals surface area (Å²) in [5.41, 5.74) is 9.47. The van der Waals surface area contributed by atoms with E-state index >= 15 is 0 Å². The summed E-state index contributed by atoms with van der Waals surface area (Å²) in [5, 5.41) is 3.36. The molecule has 0 unspecified atom stereocenters. The van der Waals surface area contributed by atoms with Crippen molar-refractivity contribution in [2.45, 2.75) is 0 Å². The highest BCUT2D eigenvalue weighted by Gasteiger charge is 2.09. The molecule has 3 heteroatoms. The van der Waals surface area contributed by atoms with Crippen LogP contribution in [0.5, 0.6) is 0 Å². The number of rotatable bonds is 3. The monoisotopic (exact) mass is 459 g/mol. The van der Waals surface area contributed by atoms with Crippen LogP contribution in [0, 0.1) is 0 Å². The van der Waals surface area contributed by atoms with Gasteiger partial charge in [0.2, 0.25) is 0 Å². The highest BCUT2D eigenvalue weighted by atomic mass is 14.7. The Labute approximate surface area is 208 Å². The third kappa shape index (κ3) is 3.58. The molecule has 0 N–H and O–H groups in total. The van der Waals surface area contributed by atoms with E-state index in [1.807, 2.05) is 42.6 Å². The molecule has 36 heavy (non-hydrogen) atoms. The summed E-state index contributed by atoms with van der Waals surface area (Å²) in [5.74, 6) is 0. The number of nitrogens with zero attached hydrogens (tertiary/aromatic N) is 3. The second-order valence-corrected chi connectivity index (χ2v) is 8.95. The maximum atomic E-state index is 4.98. The fraction of sp³-hybridized carbons (Fsp3) is 0. The van der Waals surface area contributed by atoms with E-state index in [9.17, 15) is 0 Å². The summed E-state index contributed by atoms with van der Waals surface area (Å²) in [6.45, 7) is 0. The topological polar surface area (TPSA) is 38.7 Å². The fourth-order valence-electron chi connectivity index (χ4n) is 4.86. The molecule has 0 aliphatic heterocycles. The molecule has 4 aromatic carbocycles. The molecule has 0 atom stereocenters. The predicted molar refractivity (Wildman–Crippen MR) is 149 cm³/mol. The highest BCUT2D eigenvalue weighted by Crippen LogP contribution is 2.31. The standard InChI is InChI=1S/C33H21N3/c1-2-6-22(7-3-1)29-17-13-25-20-23(11-15-30(25)35-29)24-12-16-31-26(21-24)14-18-33(36-31)28-8-4-10-32-27(28)9-5-19-34-32/h1-21H. The maximum absolute atomic E-state index is 4.98. The molecule has 168 valence electrons. The van der Waals surface area contributed by atoms with Gasteiger partial charge in [-0.05, 0) is 59.7 Å². The Kier molecular flexibility index (Phi) is 4.78. The average Bonchev–Trinajstić information content (AvgIpc) is 2.96. The lowest BCUT2D eigenvalue weighted by molar-refractivity contribution is 1.38. The second-order valence-electron chi connectivity index (χ2n) is 8.95. The van der Waals surface area contributed by atoms with E-state index in [0.717, 1.165) is 55.2 Å². The van der Waals surface area contributed by atoms with Crippen LogP contribution in [0.2, 0.25) is 0 Å². The summed E-state index contributed by atoms with van der Waals surface area (Å²) < 4.78 is 0. The van der Waals surface area contributed by atoms with Crippen LogP contribution in [-0.2, 0) is 0 Å². The van der Waals surface area contributed by atoms with Gasteiger partial charge in [-0.2, -0.15) is 0 Å². The molecule has 0 radical (unpaired) electrons. The van der Waals surface area contributed by atoms with Crippen LogP contribution < -0.4 is 0 Å². The van der Waals surface area contributed by atoms with Crippen LogP contribution in [0.1, 0.15) is 0 Å². The molecule has 3 heterocycles. The van der Waals surface area contributed by atoms with E-state index in [0.29, 0.717) is 0 Å². The van der Waals surface area contributed by atoms with Crippen molar-refractivity contribution in [3.63, 3.8) is 0 Å². The zero-order chi connectivity index (χ0) is 23.9. The van der Waals surface area contributed by atoms with Crippen LogP contribution in [0.4, 0.5) is 0 Å². The molecule has 0 saturated carbocycles. The van der Waals surface area contributed by atoms with E-state index in [2.05, 4.69) is 89.9 Å². The first-order chi connectivity index (χ1) is 17.8. The summed E-state index contributed by atoms with van der Waals surface area (Å²) in [6.07, 6.45) is 1.83. The van der Waals surface area contributed by atoms with E-state index in [1.54, 1.807) is 0 Å². The van der Waals surface area contributed by atoms with Gasteiger partial charge in [-0.25, -0.2) is 9.97 Å². The van der Waals surface area contributed by atoms with E-state index < -0.39 is 0 Å². The summed E-state index contributed by atoms with van der Waals surface area (Å²) in [7, 11) is 0. The van der Waals surface area contributed by atoms with Crippen molar-refractivity contribution in [2.24, 2.45) is 0 Å². The normalized spacial score (nSPS) is 11.3. The van der Waals surface area contributed by atoms with Crippen molar-refractivity contribution in [1.29, 1.82) is 0 Å². The molecule has 3 nitrogen and oxygen atoms in total. The lowest BCUT2D eigenvalue weighted by atomic mass is 10.00. The Hall–Kier alpha value is -4.89. The Morgan fingerprint density at radius 2 is 1.11 bits per heavy atom. The van der Waals surface area contributed by atoms with Crippen molar-refractivity contribution >= 4 is 32.7 Å². The van der Waals surface area contributed by atoms with Gasteiger partial charge in [-0.15, -0.1) is 0 Å². The predicted octanol–water partition coefficient (Wildman–Crippen LogP) is 8.33. The molecule has 0 saturated heterocycles. The Morgan fingerprint density at radius 1 is 0.417 bits per heavy atom. The quantitative estimate of drug-likeness (QED) is 0.267. The SMILES string of the molecule is c1ccc(-c2ccc3cc(-c4ccc5nc(-c6cccc7ncccc67)ccc5c4)ccc3n2)cc1. The minimum Gasteiger partial charge on any atom is -0.256 e. The lowest BCUT2D eigenvalue weighted by Gasteiger charge is -2.09. The molecule has 0 fully saturated rings. The van der Waals surface area contributed by atoms with Gasteiger partial charge in [0, 0.05) is 33.5 Å². The number of hydrogen-bond acceptors (Lipinski definition) is 3. The number of aromatic nitrogens is 3. The van der Waals surface area contributed by atoms with Crippen molar-refractivity contribution in [2.75, 3.05) is 0 Å². The minimum absolute atomic E-state index is 0.958. The second kappa shape index (κ2) is 8.40. The molecule has 7 aromatic rings. The lowest BCUT2D eigenvalue weighted by Crippen LogP contribution is -1.89. The fourth-order valence-corrected chi connectivity index (χ4v) is 4.86. The third-order valence-corrected chi connectivity index (χ3v) is 6.70. The first-order valence-corrected chi connectivity index (χ1v) is 12.0. The van der Waals surface area contributed by atoms with Crippen molar-refractivity contribution < 1.29 is 0 Å². The minimum atomic E-state index is 0.958. The van der Waals surface area contributed by atoms with Gasteiger partial charge in [0.1, 0.15) is 0 Å². The first kappa shape index (κ1) is 20.5. The zero-order valence-corrected chi connectivity index (χ0v) is 19.5. The van der Waals surface area contributed by atoms with Gasteiger partial charge in [-0.1, -0.05) is 72.8 Å². The van der Waals surface area contributed by atoms with Gasteiger partial charge >= 0.3 is 0 Å². The Bertz CT molecular complexity index is 1890. The summed E-state index contributed by atoms with van der Waals surface area (Å²) in [4.78, 5) is 14.3. The molecular weight excluding hydrogens is 438 g/mol. The van der Waals surface area contributed by atoms with Crippen LogP contribution in [-0.4, -0.2) is 15.0 Å². The highest BCUT2D eigenvalue weighted by molar-refractivity contribution is 5.96. The van der Waals surface area contributed by atoms with E-state index in [-0.39, 0.29) is 0 Å². The van der Waals surface area contributed by atoms with Gasteiger partial charge in [0.15, 0.2) is 0 Å². The van der Waals surface area contributed by atoms with Gasteiger partial charge in [-0.3, -0.25) is 4.98 Å². The number of fused-ring (bicyclic) bond motifs is 3. The van der Waals surface area contributed by atoms with Gasteiger partial charge in [0.25, 0.3) is 0 Å². The molecule has 0 bridgehead atoms. The average molecular weight is 460 g/mol. The molecule has 7 rings (SSSR count). The van der Waals surface area contributed by atoms with Crippen LogP contribution in [0.15, 0.2) is 128 Å². The van der Waals surface area contributed by atoms with Crippen LogP contribution in [0.25, 0.3) is 66.4 Å². The molecule has 0 amide bonds. The maximum Gasteiger partial charge on any atom is 0.0716 e. The Balaban J connectivity index is 1.25. The molecule has 0 aliphatic carbocycles.